The summed E-state index contributed by atoms with van der Waals surface area (Å²) >= 11 is 4.93. The van der Waals surface area contributed by atoms with Gasteiger partial charge in [-0.25, -0.2) is 4.39 Å². The molecule has 0 N–H and O–H groups in total. The summed E-state index contributed by atoms with van der Waals surface area (Å²) in [5.41, 5.74) is 1.06. The van der Waals surface area contributed by atoms with Gasteiger partial charge in [-0.15, -0.1) is 11.3 Å². The van der Waals surface area contributed by atoms with Gasteiger partial charge < -0.3 is 0 Å². The smallest absolute Gasteiger partial charge is 0.168 e. The number of carbonyl (C=O) groups excluding carboxylic acids is 1. The van der Waals surface area contributed by atoms with E-state index in [1.54, 1.807) is 13.0 Å². The van der Waals surface area contributed by atoms with Crippen LogP contribution in [0.2, 0.25) is 0 Å². The highest BCUT2D eigenvalue weighted by Gasteiger charge is 2.11. The first-order valence-electron chi connectivity index (χ1n) is 5.09. The third kappa shape index (κ3) is 2.82. The molecule has 0 fully saturated rings. The lowest BCUT2D eigenvalue weighted by Gasteiger charge is -2.02. The van der Waals surface area contributed by atoms with Gasteiger partial charge in [0.05, 0.1) is 0 Å². The zero-order valence-electron chi connectivity index (χ0n) is 9.17. The van der Waals surface area contributed by atoms with Crippen LogP contribution >= 0.6 is 27.3 Å². The largest absolute Gasteiger partial charge is 0.294 e. The number of aryl methyl sites for hydroxylation is 1. The molecule has 1 aromatic carbocycles. The van der Waals surface area contributed by atoms with Crippen molar-refractivity contribution in [3.8, 4) is 0 Å². The number of hydrogen-bond donors (Lipinski definition) is 0. The second kappa shape index (κ2) is 5.10. The number of carbonyl (C=O) groups is 1. The Labute approximate surface area is 111 Å². The second-order valence-electron chi connectivity index (χ2n) is 3.76. The molecule has 88 valence electrons. The van der Waals surface area contributed by atoms with Crippen molar-refractivity contribution in [1.82, 2.24) is 0 Å². The summed E-state index contributed by atoms with van der Waals surface area (Å²) in [5, 5.41) is 1.93. The Bertz CT molecular complexity index is 562. The van der Waals surface area contributed by atoms with Crippen LogP contribution in [-0.2, 0) is 6.42 Å². The predicted octanol–water partition coefficient (Wildman–Crippen LogP) is 4.38. The molecule has 2 rings (SSSR count). The summed E-state index contributed by atoms with van der Waals surface area (Å²) in [6.07, 6.45) is 0.351. The molecule has 0 aliphatic rings. The summed E-state index contributed by atoms with van der Waals surface area (Å²) < 4.78 is 14.0. The number of rotatable bonds is 3. The lowest BCUT2D eigenvalue weighted by atomic mass is 10.0. The van der Waals surface area contributed by atoms with Crippen molar-refractivity contribution in [2.75, 3.05) is 0 Å². The molecule has 0 aliphatic carbocycles. The lowest BCUT2D eigenvalue weighted by molar-refractivity contribution is 0.0993. The van der Waals surface area contributed by atoms with E-state index >= 15 is 0 Å². The highest BCUT2D eigenvalue weighted by atomic mass is 79.9. The second-order valence-corrected chi connectivity index (χ2v) is 5.61. The van der Waals surface area contributed by atoms with Gasteiger partial charge in [-0.3, -0.25) is 4.79 Å². The number of hydrogen-bond acceptors (Lipinski definition) is 2. The van der Waals surface area contributed by atoms with Gasteiger partial charge in [0.1, 0.15) is 5.82 Å². The Hall–Kier alpha value is -1.00. The van der Waals surface area contributed by atoms with E-state index in [0.717, 1.165) is 9.35 Å². The minimum absolute atomic E-state index is 0.0104. The lowest BCUT2D eigenvalue weighted by Crippen LogP contribution is -2.03. The zero-order valence-corrected chi connectivity index (χ0v) is 11.6. The topological polar surface area (TPSA) is 17.1 Å². The van der Waals surface area contributed by atoms with Crippen molar-refractivity contribution in [2.24, 2.45) is 0 Å². The predicted molar refractivity (Wildman–Crippen MR) is 71.2 cm³/mol. The Morgan fingerprint density at radius 2 is 2.18 bits per heavy atom. The molecule has 1 aromatic heterocycles. The van der Waals surface area contributed by atoms with E-state index < -0.39 is 0 Å². The molecular formula is C13H10BrFOS. The number of halogens is 2. The maximum absolute atomic E-state index is 13.1. The SMILES string of the molecule is Cc1cc(C(=O)Cc2sccc2Br)ccc1F. The molecule has 0 atom stereocenters. The molecule has 0 saturated heterocycles. The monoisotopic (exact) mass is 312 g/mol. The van der Waals surface area contributed by atoms with E-state index in [1.807, 2.05) is 11.4 Å². The first-order chi connectivity index (χ1) is 8.08. The Kier molecular flexibility index (Phi) is 3.74. The fraction of sp³-hybridized carbons (Fsp3) is 0.154. The molecular weight excluding hydrogens is 303 g/mol. The minimum atomic E-state index is -0.279. The number of Topliss-reactive ketones (excluding diaryl/α,β-unsaturated/α-hetero) is 1. The van der Waals surface area contributed by atoms with E-state index in [0.29, 0.717) is 17.5 Å². The first kappa shape index (κ1) is 12.5. The van der Waals surface area contributed by atoms with E-state index in [4.69, 9.17) is 0 Å². The first-order valence-corrected chi connectivity index (χ1v) is 6.76. The average Bonchev–Trinajstić information content (AvgIpc) is 2.68. The van der Waals surface area contributed by atoms with Gasteiger partial charge in [0.25, 0.3) is 0 Å². The molecule has 0 aliphatic heterocycles. The van der Waals surface area contributed by atoms with Gasteiger partial charge in [0.2, 0.25) is 0 Å². The average molecular weight is 313 g/mol. The molecule has 2 aromatic rings. The van der Waals surface area contributed by atoms with Gasteiger partial charge in [0, 0.05) is 21.3 Å². The normalized spacial score (nSPS) is 10.5. The minimum Gasteiger partial charge on any atom is -0.294 e. The van der Waals surface area contributed by atoms with Crippen LogP contribution in [0.15, 0.2) is 34.1 Å². The van der Waals surface area contributed by atoms with Crippen molar-refractivity contribution < 1.29 is 9.18 Å². The van der Waals surface area contributed by atoms with Crippen molar-refractivity contribution in [2.45, 2.75) is 13.3 Å². The van der Waals surface area contributed by atoms with Gasteiger partial charge in [-0.1, -0.05) is 0 Å². The van der Waals surface area contributed by atoms with E-state index in [9.17, 15) is 9.18 Å². The summed E-state index contributed by atoms with van der Waals surface area (Å²) in [4.78, 5) is 13.0. The fourth-order valence-electron chi connectivity index (χ4n) is 1.52. The highest BCUT2D eigenvalue weighted by Crippen LogP contribution is 2.24. The van der Waals surface area contributed by atoms with E-state index in [-0.39, 0.29) is 11.6 Å². The van der Waals surface area contributed by atoms with Crippen molar-refractivity contribution in [1.29, 1.82) is 0 Å². The summed E-state index contributed by atoms with van der Waals surface area (Å²) in [5.74, 6) is -0.268. The molecule has 4 heteroatoms. The Morgan fingerprint density at radius 1 is 1.41 bits per heavy atom. The Morgan fingerprint density at radius 3 is 2.76 bits per heavy atom. The van der Waals surface area contributed by atoms with Crippen LogP contribution in [0.5, 0.6) is 0 Å². The van der Waals surface area contributed by atoms with Crippen LogP contribution in [-0.4, -0.2) is 5.78 Å². The Balaban J connectivity index is 2.20. The summed E-state index contributed by atoms with van der Waals surface area (Å²) in [6.45, 7) is 1.66. The van der Waals surface area contributed by atoms with Crippen LogP contribution < -0.4 is 0 Å². The zero-order chi connectivity index (χ0) is 12.4. The standard InChI is InChI=1S/C13H10BrFOS/c1-8-6-9(2-3-11(8)15)12(16)7-13-10(14)4-5-17-13/h2-6H,7H2,1H3. The maximum Gasteiger partial charge on any atom is 0.168 e. The van der Waals surface area contributed by atoms with Crippen LogP contribution in [0.25, 0.3) is 0 Å². The number of benzene rings is 1. The third-order valence-electron chi connectivity index (χ3n) is 2.49. The van der Waals surface area contributed by atoms with Crippen LogP contribution in [0.1, 0.15) is 20.8 Å². The van der Waals surface area contributed by atoms with Crippen LogP contribution in [0, 0.1) is 12.7 Å². The summed E-state index contributed by atoms with van der Waals surface area (Å²) in [6, 6.07) is 6.39. The molecule has 1 nitrogen and oxygen atoms in total. The molecule has 0 amide bonds. The molecule has 0 unspecified atom stereocenters. The van der Waals surface area contributed by atoms with Crippen LogP contribution in [0.3, 0.4) is 0 Å². The number of ketones is 1. The van der Waals surface area contributed by atoms with Crippen molar-refractivity contribution >= 4 is 33.0 Å². The number of thiophene rings is 1. The summed E-state index contributed by atoms with van der Waals surface area (Å²) in [7, 11) is 0. The molecule has 0 saturated carbocycles. The quantitative estimate of drug-likeness (QED) is 0.768. The maximum atomic E-state index is 13.1. The van der Waals surface area contributed by atoms with Gasteiger partial charge in [-0.2, -0.15) is 0 Å². The molecule has 17 heavy (non-hydrogen) atoms. The van der Waals surface area contributed by atoms with Gasteiger partial charge >= 0.3 is 0 Å². The van der Waals surface area contributed by atoms with E-state index in [1.165, 1.54) is 23.5 Å². The molecule has 0 bridgehead atoms. The van der Waals surface area contributed by atoms with Crippen LogP contribution in [0.4, 0.5) is 4.39 Å². The van der Waals surface area contributed by atoms with Crippen molar-refractivity contribution in [3.63, 3.8) is 0 Å². The highest BCUT2D eigenvalue weighted by molar-refractivity contribution is 9.10. The van der Waals surface area contributed by atoms with Crippen molar-refractivity contribution in [3.05, 3.63) is 55.9 Å². The molecule has 1 heterocycles. The van der Waals surface area contributed by atoms with E-state index in [2.05, 4.69) is 15.9 Å². The van der Waals surface area contributed by atoms with Gasteiger partial charge in [0.15, 0.2) is 5.78 Å². The fourth-order valence-corrected chi connectivity index (χ4v) is 3.01. The van der Waals surface area contributed by atoms with Gasteiger partial charge in [-0.05, 0) is 58.1 Å². The molecule has 0 radical (unpaired) electrons. The molecule has 0 spiro atoms. The third-order valence-corrected chi connectivity index (χ3v) is 4.42.